The highest BCUT2D eigenvalue weighted by Gasteiger charge is 2.05. The van der Waals surface area contributed by atoms with E-state index in [2.05, 4.69) is 4.74 Å². The lowest BCUT2D eigenvalue weighted by Crippen LogP contribution is -2.35. The van der Waals surface area contributed by atoms with Crippen molar-refractivity contribution >= 4 is 0 Å². The first-order valence-corrected chi connectivity index (χ1v) is 5.05. The molecule has 4 heteroatoms. The molecule has 1 atom stereocenters. The number of nitrogens with one attached hydrogen (secondary N) is 1. The van der Waals surface area contributed by atoms with Crippen molar-refractivity contribution in [2.45, 2.75) is 32.2 Å². The van der Waals surface area contributed by atoms with E-state index in [4.69, 9.17) is 28.0 Å². The molecular weight excluding hydrogens is 242 g/mol. The van der Waals surface area contributed by atoms with Crippen LogP contribution in [-0.2, 0) is 11.1 Å². The van der Waals surface area contributed by atoms with E-state index in [1.54, 1.807) is 5.32 Å². The van der Waals surface area contributed by atoms with Crippen LogP contribution in [0.4, 0.5) is 0 Å². The van der Waals surface area contributed by atoms with Crippen molar-refractivity contribution in [2.24, 2.45) is 0 Å². The van der Waals surface area contributed by atoms with Crippen molar-refractivity contribution in [3.8, 4) is 5.75 Å². The largest absolute Gasteiger partial charge is 0.491 e. The summed E-state index contributed by atoms with van der Waals surface area (Å²) in [4.78, 5) is 0. The number of ether oxygens (including phenoxy) is 2. The summed E-state index contributed by atoms with van der Waals surface area (Å²) in [5.74, 6) is -0.966. The molecule has 1 aromatic rings. The van der Waals surface area contributed by atoms with Crippen LogP contribution in [0.5, 0.6) is 5.75 Å². The van der Waals surface area contributed by atoms with E-state index in [0.29, 0.717) is 0 Å². The third-order valence-corrected chi connectivity index (χ3v) is 1.59. The fourth-order valence-corrected chi connectivity index (χ4v) is 0.870. The summed E-state index contributed by atoms with van der Waals surface area (Å²) in [5, 5.41) is 11.9. The molecule has 0 amide bonds. The Morgan fingerprint density at radius 3 is 2.84 bits per heavy atom. The van der Waals surface area contributed by atoms with Crippen LogP contribution in [0.25, 0.3) is 0 Å². The van der Waals surface area contributed by atoms with E-state index in [0.717, 1.165) is 7.11 Å². The highest BCUT2D eigenvalue weighted by atomic mass is 16.5. The number of methoxy groups -OCH3 is 1. The Morgan fingerprint density at radius 2 is 2.21 bits per heavy atom. The quantitative estimate of drug-likeness (QED) is 0.723. The van der Waals surface area contributed by atoms with Gasteiger partial charge in [-0.2, -0.15) is 0 Å². The molecule has 0 aliphatic rings. The summed E-state index contributed by atoms with van der Waals surface area (Å²) in [5.41, 5.74) is -1.02. The van der Waals surface area contributed by atoms with Gasteiger partial charge < -0.3 is 19.9 Å². The van der Waals surface area contributed by atoms with Gasteiger partial charge in [-0.05, 0) is 24.0 Å². The summed E-state index contributed by atoms with van der Waals surface area (Å²) in [6.45, 7) is -14.5. The maximum absolute atomic E-state index is 10.3. The highest BCUT2D eigenvalue weighted by molar-refractivity contribution is 5.27. The van der Waals surface area contributed by atoms with Gasteiger partial charge >= 0.3 is 0 Å². The Balaban J connectivity index is 3.41. The maximum atomic E-state index is 10.3. The van der Waals surface area contributed by atoms with E-state index in [9.17, 15) is 5.11 Å². The van der Waals surface area contributed by atoms with E-state index in [1.165, 1.54) is 0 Å². The van der Waals surface area contributed by atoms with Crippen LogP contribution >= 0.6 is 0 Å². The molecule has 2 N–H and O–H groups in total. The van der Waals surface area contributed by atoms with Crippen molar-refractivity contribution in [2.75, 3.05) is 26.8 Å². The summed E-state index contributed by atoms with van der Waals surface area (Å²) >= 11 is 0. The third-order valence-electron chi connectivity index (χ3n) is 1.59. The van der Waals surface area contributed by atoms with Gasteiger partial charge in [-0.3, -0.25) is 0 Å². The van der Waals surface area contributed by atoms with Crippen LogP contribution in [0.15, 0.2) is 24.2 Å². The van der Waals surface area contributed by atoms with Gasteiger partial charge in [0.05, 0.1) is 16.2 Å². The fraction of sp³-hybridized carbons (Fsp3) is 0.600. The van der Waals surface area contributed by atoms with E-state index in [1.807, 2.05) is 0 Å². The lowest BCUT2D eigenvalue weighted by Gasteiger charge is -2.15. The molecule has 19 heavy (non-hydrogen) atoms. The van der Waals surface area contributed by atoms with Crippen molar-refractivity contribution in [3.05, 3.63) is 29.7 Å². The summed E-state index contributed by atoms with van der Waals surface area (Å²) < 4.78 is 140. The Hall–Kier alpha value is -1.10. The predicted octanol–water partition coefficient (Wildman–Crippen LogP) is 1.61. The van der Waals surface area contributed by atoms with Crippen molar-refractivity contribution in [1.29, 1.82) is 0 Å². The summed E-state index contributed by atoms with van der Waals surface area (Å²) in [6, 6.07) is -6.80. The van der Waals surface area contributed by atoms with E-state index >= 15 is 0 Å². The monoisotopic (exact) mass is 284 g/mol. The zero-order valence-corrected chi connectivity index (χ0v) is 10.0. The highest BCUT2D eigenvalue weighted by Crippen LogP contribution is 2.12. The average molecular weight is 284 g/mol. The van der Waals surface area contributed by atoms with Crippen LogP contribution < -0.4 is 10.1 Å². The van der Waals surface area contributed by atoms with Crippen LogP contribution in [-0.4, -0.2) is 44.0 Å². The molecule has 108 valence electrons. The molecule has 0 radical (unpaired) electrons. The van der Waals surface area contributed by atoms with Crippen molar-refractivity contribution in [3.63, 3.8) is 0 Å². The summed E-state index contributed by atoms with van der Waals surface area (Å²) in [7, 11) is 0.825. The van der Waals surface area contributed by atoms with Gasteiger partial charge in [0.2, 0.25) is 0 Å². The van der Waals surface area contributed by atoms with Gasteiger partial charge in [0.15, 0.2) is 0 Å². The molecule has 1 rings (SSSR count). The van der Waals surface area contributed by atoms with Gasteiger partial charge in [0.1, 0.15) is 18.4 Å². The standard InChI is InChI=1S/C15H25NO3/c1-12(2)16-10-14(17)11-19-15-6-4-13(5-7-15)8-9-18-3/h4-7,12,14,16-17H,8-11H2,1-3H3/i1D3,2D3,4D,5D,6D,7D,8D2,9D2,10D2,14D. The molecule has 1 aromatic carbocycles. The summed E-state index contributed by atoms with van der Waals surface area (Å²) in [6.07, 6.45) is -6.62. The molecule has 0 spiro atoms. The van der Waals surface area contributed by atoms with Crippen LogP contribution in [0, 0.1) is 0 Å². The normalized spacial score (nSPS) is 31.0. The van der Waals surface area contributed by atoms with Gasteiger partial charge in [-0.25, -0.2) is 0 Å². The molecule has 0 heterocycles. The zero-order chi connectivity index (χ0) is 28.9. The van der Waals surface area contributed by atoms with E-state index < -0.39 is 87.3 Å². The molecule has 0 bridgehead atoms. The minimum absolute atomic E-state index is 0.825. The number of hydrogen-bond acceptors (Lipinski definition) is 4. The smallest absolute Gasteiger partial charge is 0.119 e. The Labute approximate surface area is 139 Å². The number of benzene rings is 1. The molecular formula is C15H25NO3. The molecule has 1 unspecified atom stereocenters. The number of rotatable bonds is 9. The second-order valence-corrected chi connectivity index (χ2v) is 3.07. The first kappa shape index (κ1) is 4.20. The van der Waals surface area contributed by atoms with E-state index in [-0.39, 0.29) is 0 Å². The lowest BCUT2D eigenvalue weighted by atomic mass is 10.1. The van der Waals surface area contributed by atoms with Crippen LogP contribution in [0.2, 0.25) is 0 Å². The first-order valence-electron chi connectivity index (χ1n) is 13.5. The SMILES string of the molecule is [2H]c1c([2H])c(C([2H])([2H])C([2H])([2H])OC)c([2H])c([2H])c1OCC([2H])(O)C([2H])([2H])NC(C([2H])([2H])[2H])C([2H])([2H])[2H]. The number of aliphatic hydroxyl groups is 1. The van der Waals surface area contributed by atoms with Crippen LogP contribution in [0.1, 0.15) is 42.6 Å². The van der Waals surface area contributed by atoms with Crippen molar-refractivity contribution in [1.82, 2.24) is 5.32 Å². The first-order chi connectivity index (χ1) is 15.8. The minimum atomic E-state index is -3.45. The van der Waals surface area contributed by atoms with Gasteiger partial charge in [0, 0.05) is 33.4 Å². The molecule has 0 aliphatic carbocycles. The molecule has 0 fully saturated rings. The zero-order valence-electron chi connectivity index (χ0n) is 27.0. The predicted molar refractivity (Wildman–Crippen MR) is 76.7 cm³/mol. The van der Waals surface area contributed by atoms with Gasteiger partial charge in [-0.1, -0.05) is 25.8 Å². The number of hydrogen-bond donors (Lipinski definition) is 2. The molecule has 0 saturated carbocycles. The third kappa shape index (κ3) is 7.15. The van der Waals surface area contributed by atoms with Crippen LogP contribution in [0.3, 0.4) is 0 Å². The Bertz CT molecular complexity index is 913. The fourth-order valence-electron chi connectivity index (χ4n) is 0.870. The second kappa shape index (κ2) is 8.91. The molecule has 0 saturated heterocycles. The molecule has 0 aromatic heterocycles. The minimum Gasteiger partial charge on any atom is -0.491 e. The molecule has 0 aliphatic heterocycles. The van der Waals surface area contributed by atoms with Gasteiger partial charge in [0.25, 0.3) is 0 Å². The maximum Gasteiger partial charge on any atom is 0.119 e. The Kier molecular flexibility index (Phi) is 1.97. The van der Waals surface area contributed by atoms with Crippen molar-refractivity contribution < 1.29 is 37.9 Å². The Morgan fingerprint density at radius 1 is 1.47 bits per heavy atom. The topological polar surface area (TPSA) is 50.7 Å². The average Bonchev–Trinajstić information content (AvgIpc) is 2.68. The second-order valence-electron chi connectivity index (χ2n) is 3.07. The molecule has 4 nitrogen and oxygen atoms in total. The van der Waals surface area contributed by atoms with Gasteiger partial charge in [-0.15, -0.1) is 0 Å². The lowest BCUT2D eigenvalue weighted by molar-refractivity contribution is 0.104.